The van der Waals surface area contributed by atoms with Gasteiger partial charge in [-0.1, -0.05) is 45.0 Å². The van der Waals surface area contributed by atoms with Crippen molar-refractivity contribution in [3.8, 4) is 0 Å². The third-order valence-electron chi connectivity index (χ3n) is 5.21. The highest BCUT2D eigenvalue weighted by Crippen LogP contribution is 2.22. The van der Waals surface area contributed by atoms with E-state index in [0.29, 0.717) is 18.7 Å². The molecule has 0 unspecified atom stereocenters. The maximum absolute atomic E-state index is 12.5. The molecule has 1 heterocycles. The molecule has 2 N–H and O–H groups in total. The number of carbonyl (C=O) groups is 1. The summed E-state index contributed by atoms with van der Waals surface area (Å²) in [7, 11) is -2.83. The lowest BCUT2D eigenvalue weighted by Gasteiger charge is -2.23. The number of anilines is 1. The molecular weight excluding hydrogens is 372 g/mol. The molecule has 3 rings (SSSR count). The van der Waals surface area contributed by atoms with Gasteiger partial charge in [0.25, 0.3) is 5.91 Å². The van der Waals surface area contributed by atoms with Crippen LogP contribution in [0.15, 0.2) is 48.5 Å². The molecule has 1 aliphatic rings. The highest BCUT2D eigenvalue weighted by Gasteiger charge is 2.24. The number of hydrogen-bond acceptors (Lipinski definition) is 3. The quantitative estimate of drug-likeness (QED) is 0.824. The minimum atomic E-state index is -2.83. The predicted octanol–water partition coefficient (Wildman–Crippen LogP) is 2.05. The molecule has 150 valence electrons. The van der Waals surface area contributed by atoms with Gasteiger partial charge in [-0.25, -0.2) is 8.42 Å². The molecule has 28 heavy (non-hydrogen) atoms. The van der Waals surface area contributed by atoms with Crippen molar-refractivity contribution in [3.63, 3.8) is 0 Å². The van der Waals surface area contributed by atoms with Crippen LogP contribution in [-0.2, 0) is 21.8 Å². The second-order valence-corrected chi connectivity index (χ2v) is 10.9. The van der Waals surface area contributed by atoms with Gasteiger partial charge in [0, 0.05) is 16.8 Å². The molecule has 0 atom stereocenters. The van der Waals surface area contributed by atoms with E-state index in [1.165, 1.54) is 10.5 Å². The van der Waals surface area contributed by atoms with E-state index in [1.54, 1.807) is 0 Å². The first kappa shape index (κ1) is 20.6. The summed E-state index contributed by atoms with van der Waals surface area (Å²) < 4.78 is 23.1. The molecule has 1 fully saturated rings. The Morgan fingerprint density at radius 3 is 2.07 bits per heavy atom. The molecule has 0 aliphatic carbocycles. The Balaban J connectivity index is 1.57. The molecular formula is C22H29N2O3S+. The standard InChI is InChI=1S/C22H28N2O3S/c1-22(2,3)19-8-6-18(7-9-19)21(25)23-20-10-4-17(5-11-20)16-24-12-14-28(26,27)15-13-24/h4-11H,12-16H2,1-3H3,(H,23,25)/p+1. The number of carbonyl (C=O) groups excluding carboxylic acids is 1. The number of benzene rings is 2. The van der Waals surface area contributed by atoms with Crippen molar-refractivity contribution < 1.29 is 18.1 Å². The van der Waals surface area contributed by atoms with Gasteiger partial charge in [0.15, 0.2) is 9.84 Å². The predicted molar refractivity (Wildman–Crippen MR) is 113 cm³/mol. The van der Waals surface area contributed by atoms with Gasteiger partial charge in [-0.15, -0.1) is 0 Å². The summed E-state index contributed by atoms with van der Waals surface area (Å²) in [5, 5.41) is 2.93. The van der Waals surface area contributed by atoms with Gasteiger partial charge in [0.1, 0.15) is 6.54 Å². The zero-order valence-electron chi connectivity index (χ0n) is 16.8. The van der Waals surface area contributed by atoms with Crippen LogP contribution in [-0.4, -0.2) is 38.9 Å². The largest absolute Gasteiger partial charge is 0.329 e. The van der Waals surface area contributed by atoms with Crippen molar-refractivity contribution >= 4 is 21.4 Å². The van der Waals surface area contributed by atoms with Gasteiger partial charge in [0.05, 0.1) is 24.6 Å². The highest BCUT2D eigenvalue weighted by molar-refractivity contribution is 7.91. The molecule has 0 spiro atoms. The smallest absolute Gasteiger partial charge is 0.255 e. The Kier molecular flexibility index (Phi) is 5.91. The summed E-state index contributed by atoms with van der Waals surface area (Å²) in [6, 6.07) is 15.5. The molecule has 0 bridgehead atoms. The lowest BCUT2D eigenvalue weighted by molar-refractivity contribution is -0.910. The Labute approximate surface area is 167 Å². The SMILES string of the molecule is CC(C)(C)c1ccc(C(=O)Nc2ccc(C[NH+]3CCS(=O)(=O)CC3)cc2)cc1. The van der Waals surface area contributed by atoms with Crippen LogP contribution in [0.2, 0.25) is 0 Å². The maximum atomic E-state index is 12.5. The fourth-order valence-corrected chi connectivity index (χ4v) is 4.73. The van der Waals surface area contributed by atoms with Crippen LogP contribution in [0.3, 0.4) is 0 Å². The van der Waals surface area contributed by atoms with Crippen molar-refractivity contribution in [3.05, 3.63) is 65.2 Å². The van der Waals surface area contributed by atoms with Crippen LogP contribution >= 0.6 is 0 Å². The van der Waals surface area contributed by atoms with Gasteiger partial charge in [-0.2, -0.15) is 0 Å². The minimum absolute atomic E-state index is 0.0609. The molecule has 5 nitrogen and oxygen atoms in total. The topological polar surface area (TPSA) is 67.7 Å². The first-order valence-corrected chi connectivity index (χ1v) is 11.5. The molecule has 1 amide bonds. The van der Waals surface area contributed by atoms with Crippen LogP contribution in [0.5, 0.6) is 0 Å². The second kappa shape index (κ2) is 8.05. The zero-order valence-corrected chi connectivity index (χ0v) is 17.6. The molecule has 2 aromatic rings. The van der Waals surface area contributed by atoms with E-state index in [4.69, 9.17) is 0 Å². The number of sulfone groups is 1. The zero-order chi connectivity index (χ0) is 20.4. The van der Waals surface area contributed by atoms with Gasteiger partial charge >= 0.3 is 0 Å². The fraction of sp³-hybridized carbons (Fsp3) is 0.409. The Morgan fingerprint density at radius 1 is 0.964 bits per heavy atom. The lowest BCUT2D eigenvalue weighted by atomic mass is 9.87. The third kappa shape index (κ3) is 5.42. The van der Waals surface area contributed by atoms with E-state index in [1.807, 2.05) is 48.5 Å². The highest BCUT2D eigenvalue weighted by atomic mass is 32.2. The van der Waals surface area contributed by atoms with Crippen molar-refractivity contribution in [2.45, 2.75) is 32.7 Å². The van der Waals surface area contributed by atoms with E-state index >= 15 is 0 Å². The summed E-state index contributed by atoms with van der Waals surface area (Å²) in [6.45, 7) is 8.56. The monoisotopic (exact) mass is 401 g/mol. The molecule has 1 aliphatic heterocycles. The number of quaternary nitrogens is 1. The van der Waals surface area contributed by atoms with E-state index in [9.17, 15) is 13.2 Å². The summed E-state index contributed by atoms with van der Waals surface area (Å²) in [4.78, 5) is 13.7. The normalized spacial score (nSPS) is 17.2. The third-order valence-corrected chi connectivity index (χ3v) is 6.86. The Hall–Kier alpha value is -2.18. The average molecular weight is 402 g/mol. The lowest BCUT2D eigenvalue weighted by Crippen LogP contribution is -3.13. The van der Waals surface area contributed by atoms with E-state index < -0.39 is 9.84 Å². The second-order valence-electron chi connectivity index (χ2n) is 8.56. The molecule has 0 saturated carbocycles. The summed E-state index contributed by atoms with van der Waals surface area (Å²) in [6.07, 6.45) is 0. The molecule has 6 heteroatoms. The fourth-order valence-electron chi connectivity index (χ4n) is 3.32. The van der Waals surface area contributed by atoms with Gasteiger partial charge in [-0.05, 0) is 35.2 Å². The molecule has 0 radical (unpaired) electrons. The van der Waals surface area contributed by atoms with E-state index in [-0.39, 0.29) is 22.8 Å². The molecule has 0 aromatic heterocycles. The summed E-state index contributed by atoms with van der Waals surface area (Å²) in [5.41, 5.74) is 3.79. The Bertz CT molecular complexity index is 913. The first-order valence-electron chi connectivity index (χ1n) is 9.67. The van der Waals surface area contributed by atoms with Gasteiger partial charge in [0.2, 0.25) is 0 Å². The van der Waals surface area contributed by atoms with Crippen LogP contribution in [0.25, 0.3) is 0 Å². The maximum Gasteiger partial charge on any atom is 0.255 e. The molecule has 1 saturated heterocycles. The van der Waals surface area contributed by atoms with Crippen molar-refractivity contribution in [1.82, 2.24) is 0 Å². The van der Waals surface area contributed by atoms with E-state index in [0.717, 1.165) is 17.8 Å². The van der Waals surface area contributed by atoms with Crippen LogP contribution in [0, 0.1) is 0 Å². The van der Waals surface area contributed by atoms with Crippen molar-refractivity contribution in [2.24, 2.45) is 0 Å². The van der Waals surface area contributed by atoms with Crippen molar-refractivity contribution in [1.29, 1.82) is 0 Å². The number of rotatable bonds is 4. The van der Waals surface area contributed by atoms with Crippen LogP contribution in [0.1, 0.15) is 42.3 Å². The van der Waals surface area contributed by atoms with Gasteiger partial charge in [-0.3, -0.25) is 4.79 Å². The molecule has 2 aromatic carbocycles. The number of nitrogens with one attached hydrogen (secondary N) is 2. The van der Waals surface area contributed by atoms with Gasteiger partial charge < -0.3 is 10.2 Å². The summed E-state index contributed by atoms with van der Waals surface area (Å²) >= 11 is 0. The number of hydrogen-bond donors (Lipinski definition) is 2. The van der Waals surface area contributed by atoms with Crippen LogP contribution in [0.4, 0.5) is 5.69 Å². The Morgan fingerprint density at radius 2 is 1.54 bits per heavy atom. The summed E-state index contributed by atoms with van der Waals surface area (Å²) in [5.74, 6) is 0.412. The minimum Gasteiger partial charge on any atom is -0.329 e. The average Bonchev–Trinajstić information content (AvgIpc) is 2.64. The van der Waals surface area contributed by atoms with Crippen molar-refractivity contribution in [2.75, 3.05) is 29.9 Å². The number of amides is 1. The first-order chi connectivity index (χ1) is 13.1. The van der Waals surface area contributed by atoms with E-state index in [2.05, 4.69) is 26.1 Å². The van der Waals surface area contributed by atoms with Crippen LogP contribution < -0.4 is 10.2 Å².